The monoisotopic (exact) mass is 843 g/mol. The summed E-state index contributed by atoms with van der Waals surface area (Å²) >= 11 is 0. The van der Waals surface area contributed by atoms with Crippen molar-refractivity contribution in [2.45, 2.75) is 142 Å². The number of aliphatic hydroxyl groups excluding tert-OH is 2. The first-order chi connectivity index (χ1) is 28.7. The standard InChI is InChI=1S/C48H75O10P/c1-3-5-7-9-11-13-15-17-19-21-22-24-25-27-29-31-33-35-37-39-47(51)55-43-46(44-57-59(53,54)56-42-45(50)41-49)58-48(52)40-38-36-34-32-30-28-26-23-20-18-16-14-12-10-8-6-4-2/h5,7,11-14,17-20,22,24,26-29,32-35,45-46,49-50H,3-4,6,8-10,15-16,21,23,25,30-31,36-44H2,1-2H3,(H,53,54)/b7-5+,13-11+,14-12+,19-17+,20-18+,24-22+,28-26+,29-27+,34-32+,35-33+/t45-,46+/m0/s1. The van der Waals surface area contributed by atoms with Gasteiger partial charge in [-0.05, 0) is 89.9 Å². The van der Waals surface area contributed by atoms with Crippen LogP contribution in [0.1, 0.15) is 129 Å². The lowest BCUT2D eigenvalue weighted by molar-refractivity contribution is -0.161. The van der Waals surface area contributed by atoms with Crippen LogP contribution in [0.25, 0.3) is 0 Å². The molecule has 332 valence electrons. The Bertz CT molecular complexity index is 1390. The number of unbranched alkanes of at least 4 members (excludes halogenated alkanes) is 4. The van der Waals surface area contributed by atoms with Gasteiger partial charge < -0.3 is 24.6 Å². The third kappa shape index (κ3) is 42.3. The number of hydrogen-bond donors (Lipinski definition) is 3. The van der Waals surface area contributed by atoms with Crippen molar-refractivity contribution in [3.8, 4) is 0 Å². The largest absolute Gasteiger partial charge is 0.472 e. The van der Waals surface area contributed by atoms with E-state index in [9.17, 15) is 24.2 Å². The molecule has 0 heterocycles. The zero-order chi connectivity index (χ0) is 43.3. The molecule has 59 heavy (non-hydrogen) atoms. The van der Waals surface area contributed by atoms with Crippen molar-refractivity contribution in [2.24, 2.45) is 0 Å². The van der Waals surface area contributed by atoms with E-state index >= 15 is 0 Å². The number of ether oxygens (including phenoxy) is 2. The van der Waals surface area contributed by atoms with Crippen molar-refractivity contribution >= 4 is 19.8 Å². The molecule has 0 aromatic carbocycles. The molecule has 0 rings (SSSR count). The normalized spacial score (nSPS) is 15.0. The minimum atomic E-state index is -4.66. The Labute approximate surface area is 356 Å². The molecule has 0 aliphatic heterocycles. The Hall–Kier alpha value is -3.63. The summed E-state index contributed by atoms with van der Waals surface area (Å²) in [6.45, 7) is 2.05. The van der Waals surface area contributed by atoms with Gasteiger partial charge in [0.2, 0.25) is 0 Å². The van der Waals surface area contributed by atoms with Crippen molar-refractivity contribution in [1.82, 2.24) is 0 Å². The van der Waals surface area contributed by atoms with Gasteiger partial charge >= 0.3 is 19.8 Å². The van der Waals surface area contributed by atoms with Crippen molar-refractivity contribution in [3.05, 3.63) is 122 Å². The van der Waals surface area contributed by atoms with Crippen LogP contribution in [0.2, 0.25) is 0 Å². The fraction of sp³-hybridized carbons (Fsp3) is 0.542. The molecule has 3 atom stereocenters. The number of esters is 2. The van der Waals surface area contributed by atoms with Crippen molar-refractivity contribution in [2.75, 3.05) is 26.4 Å². The van der Waals surface area contributed by atoms with Gasteiger partial charge in [-0.25, -0.2) is 4.57 Å². The third-order valence-corrected chi connectivity index (χ3v) is 9.06. The molecule has 0 saturated heterocycles. The van der Waals surface area contributed by atoms with E-state index < -0.39 is 51.8 Å². The summed E-state index contributed by atoms with van der Waals surface area (Å²) in [6.07, 6.45) is 54.7. The maximum atomic E-state index is 12.6. The summed E-state index contributed by atoms with van der Waals surface area (Å²) < 4.78 is 32.5. The molecule has 0 spiro atoms. The Morgan fingerprint density at radius 2 is 0.949 bits per heavy atom. The van der Waals surface area contributed by atoms with Gasteiger partial charge in [-0.3, -0.25) is 18.6 Å². The second-order valence-corrected chi connectivity index (χ2v) is 15.1. The molecular weight excluding hydrogens is 767 g/mol. The Morgan fingerprint density at radius 3 is 1.41 bits per heavy atom. The van der Waals surface area contributed by atoms with Gasteiger partial charge in [-0.15, -0.1) is 0 Å². The predicted octanol–water partition coefficient (Wildman–Crippen LogP) is 11.6. The van der Waals surface area contributed by atoms with E-state index in [0.717, 1.165) is 64.2 Å². The first-order valence-corrected chi connectivity index (χ1v) is 23.0. The summed E-state index contributed by atoms with van der Waals surface area (Å²) in [5, 5.41) is 18.3. The Kier molecular flexibility index (Phi) is 39.9. The number of phosphoric ester groups is 1. The first kappa shape index (κ1) is 55.4. The molecule has 0 aliphatic rings. The molecule has 0 saturated carbocycles. The minimum Gasteiger partial charge on any atom is -0.462 e. The molecule has 0 aliphatic carbocycles. The van der Waals surface area contributed by atoms with Crippen LogP contribution in [-0.4, -0.2) is 65.7 Å². The van der Waals surface area contributed by atoms with Gasteiger partial charge in [0.05, 0.1) is 19.8 Å². The third-order valence-electron chi connectivity index (χ3n) is 8.11. The van der Waals surface area contributed by atoms with Crippen molar-refractivity contribution in [3.63, 3.8) is 0 Å². The van der Waals surface area contributed by atoms with E-state index in [4.69, 9.17) is 19.1 Å². The van der Waals surface area contributed by atoms with E-state index in [1.165, 1.54) is 19.3 Å². The SMILES string of the molecule is CC/C=C/C/C=C/C/C=C/C/C=C/C/C=C/C/C=C/CCC(=O)OC[C@H](COP(=O)(O)OC[C@@H](O)CO)OC(=O)CCC/C=C/C/C=C/C/C=C/C/C=C/CCCCC. The number of carbonyl (C=O) groups excluding carboxylic acids is 2. The highest BCUT2D eigenvalue weighted by Crippen LogP contribution is 2.43. The van der Waals surface area contributed by atoms with E-state index in [2.05, 4.69) is 116 Å². The smallest absolute Gasteiger partial charge is 0.462 e. The van der Waals surface area contributed by atoms with Crippen molar-refractivity contribution < 1.29 is 47.8 Å². The van der Waals surface area contributed by atoms with Gasteiger partial charge in [0.1, 0.15) is 12.7 Å². The molecule has 0 radical (unpaired) electrons. The number of allylic oxidation sites excluding steroid dienone is 20. The van der Waals surface area contributed by atoms with Gasteiger partial charge in [0.25, 0.3) is 0 Å². The quantitative estimate of drug-likeness (QED) is 0.0237. The topological polar surface area (TPSA) is 149 Å². The van der Waals surface area contributed by atoms with Crippen LogP contribution < -0.4 is 0 Å². The van der Waals surface area contributed by atoms with E-state index in [1.807, 2.05) is 24.3 Å². The van der Waals surface area contributed by atoms with Gasteiger partial charge in [-0.2, -0.15) is 0 Å². The minimum absolute atomic E-state index is 0.0845. The second kappa shape index (κ2) is 42.5. The number of hydrogen-bond acceptors (Lipinski definition) is 9. The van der Waals surface area contributed by atoms with Crippen LogP contribution in [0.5, 0.6) is 0 Å². The summed E-state index contributed by atoms with van der Waals surface area (Å²) in [5.74, 6) is -1.10. The molecule has 0 bridgehead atoms. The predicted molar refractivity (Wildman–Crippen MR) is 242 cm³/mol. The maximum Gasteiger partial charge on any atom is 0.472 e. The van der Waals surface area contributed by atoms with Crippen LogP contribution in [-0.2, 0) is 32.7 Å². The number of aliphatic hydroxyl groups is 2. The van der Waals surface area contributed by atoms with Crippen LogP contribution >= 0.6 is 7.82 Å². The zero-order valence-corrected chi connectivity index (χ0v) is 36.8. The highest BCUT2D eigenvalue weighted by molar-refractivity contribution is 7.47. The van der Waals surface area contributed by atoms with Crippen LogP contribution in [0.3, 0.4) is 0 Å². The molecule has 1 unspecified atom stereocenters. The van der Waals surface area contributed by atoms with Gasteiger partial charge in [0.15, 0.2) is 6.10 Å². The number of phosphoric acid groups is 1. The van der Waals surface area contributed by atoms with E-state index in [1.54, 1.807) is 0 Å². The summed E-state index contributed by atoms with van der Waals surface area (Å²) in [7, 11) is -4.66. The van der Waals surface area contributed by atoms with E-state index in [-0.39, 0.29) is 19.4 Å². The molecule has 11 heteroatoms. The fourth-order valence-corrected chi connectivity index (χ4v) is 5.62. The van der Waals surface area contributed by atoms with Gasteiger partial charge in [0, 0.05) is 12.8 Å². The Morgan fingerprint density at radius 1 is 0.525 bits per heavy atom. The summed E-state index contributed by atoms with van der Waals surface area (Å²) in [5.41, 5.74) is 0. The Balaban J connectivity index is 4.55. The molecule has 0 fully saturated rings. The molecule has 10 nitrogen and oxygen atoms in total. The number of carbonyl (C=O) groups is 2. The summed E-state index contributed by atoms with van der Waals surface area (Å²) in [6, 6.07) is 0. The molecule has 0 amide bonds. The van der Waals surface area contributed by atoms with Gasteiger partial charge in [-0.1, -0.05) is 148 Å². The van der Waals surface area contributed by atoms with Crippen LogP contribution in [0.15, 0.2) is 122 Å². The lowest BCUT2D eigenvalue weighted by atomic mass is 10.2. The lowest BCUT2D eigenvalue weighted by Gasteiger charge is -2.20. The maximum absolute atomic E-state index is 12.6. The van der Waals surface area contributed by atoms with Crippen LogP contribution in [0.4, 0.5) is 0 Å². The number of rotatable bonds is 38. The highest BCUT2D eigenvalue weighted by Gasteiger charge is 2.27. The highest BCUT2D eigenvalue weighted by atomic mass is 31.2. The molecule has 0 aromatic rings. The lowest BCUT2D eigenvalue weighted by Crippen LogP contribution is -2.29. The summed E-state index contributed by atoms with van der Waals surface area (Å²) in [4.78, 5) is 34.9. The first-order valence-electron chi connectivity index (χ1n) is 21.5. The van der Waals surface area contributed by atoms with E-state index in [0.29, 0.717) is 19.3 Å². The van der Waals surface area contributed by atoms with Crippen LogP contribution in [0, 0.1) is 0 Å². The molecule has 0 aromatic heterocycles. The average molecular weight is 843 g/mol. The average Bonchev–Trinajstić information content (AvgIpc) is 3.22. The fourth-order valence-electron chi connectivity index (χ4n) is 4.83. The zero-order valence-electron chi connectivity index (χ0n) is 35.9. The molecular formula is C48H75O10P. The molecule has 3 N–H and O–H groups in total. The van der Waals surface area contributed by atoms with Crippen molar-refractivity contribution in [1.29, 1.82) is 0 Å². The second-order valence-electron chi connectivity index (χ2n) is 13.6.